The number of hydrogen-bond acceptors (Lipinski definition) is 3. The van der Waals surface area contributed by atoms with E-state index in [0.717, 1.165) is 0 Å². The summed E-state index contributed by atoms with van der Waals surface area (Å²) >= 11 is 3.14. The molecular formula is C9H8BrNO3. The molecular weight excluding hydrogens is 250 g/mol. The Kier molecular flexibility index (Phi) is 3.35. The highest BCUT2D eigenvalue weighted by Crippen LogP contribution is 2.15. The lowest BCUT2D eigenvalue weighted by molar-refractivity contribution is -0.384. The van der Waals surface area contributed by atoms with Crippen LogP contribution in [0.2, 0.25) is 0 Å². The third kappa shape index (κ3) is 2.38. The van der Waals surface area contributed by atoms with Crippen molar-refractivity contribution in [2.24, 2.45) is 0 Å². The van der Waals surface area contributed by atoms with E-state index >= 15 is 0 Å². The van der Waals surface area contributed by atoms with Gasteiger partial charge in [-0.2, -0.15) is 0 Å². The number of carbonyl (C=O) groups excluding carboxylic acids is 1. The normalized spacial score (nSPS) is 12.1. The molecule has 1 atom stereocenters. The van der Waals surface area contributed by atoms with Crippen LogP contribution in [0, 0.1) is 10.1 Å². The van der Waals surface area contributed by atoms with E-state index < -0.39 is 4.92 Å². The molecule has 0 radical (unpaired) electrons. The summed E-state index contributed by atoms with van der Waals surface area (Å²) in [7, 11) is 0. The molecule has 5 heteroatoms. The standard InChI is InChI=1S/C9H8BrNO3/c1-6(10)9(12)7-2-4-8(5-3-7)11(13)14/h2-6H,1H3/t6-/m1/s1. The van der Waals surface area contributed by atoms with E-state index in [0.29, 0.717) is 5.56 Å². The van der Waals surface area contributed by atoms with E-state index in [2.05, 4.69) is 15.9 Å². The number of carbonyl (C=O) groups is 1. The third-order valence-electron chi connectivity index (χ3n) is 1.72. The maximum atomic E-state index is 11.4. The molecule has 74 valence electrons. The van der Waals surface area contributed by atoms with E-state index in [1.807, 2.05) is 0 Å². The fraction of sp³-hybridized carbons (Fsp3) is 0.222. The predicted octanol–water partition coefficient (Wildman–Crippen LogP) is 2.56. The average Bonchev–Trinajstić information content (AvgIpc) is 2.16. The van der Waals surface area contributed by atoms with Gasteiger partial charge in [-0.25, -0.2) is 0 Å². The Hall–Kier alpha value is -1.23. The molecule has 14 heavy (non-hydrogen) atoms. The minimum absolute atomic E-state index is 0.0104. The summed E-state index contributed by atoms with van der Waals surface area (Å²) in [5, 5.41) is 10.3. The van der Waals surface area contributed by atoms with Gasteiger partial charge in [-0.1, -0.05) is 15.9 Å². The molecule has 0 aliphatic heterocycles. The van der Waals surface area contributed by atoms with Crippen LogP contribution in [0.3, 0.4) is 0 Å². The van der Waals surface area contributed by atoms with Gasteiger partial charge in [0.2, 0.25) is 0 Å². The van der Waals surface area contributed by atoms with Gasteiger partial charge in [-0.15, -0.1) is 0 Å². The van der Waals surface area contributed by atoms with Crippen LogP contribution >= 0.6 is 15.9 Å². The molecule has 4 nitrogen and oxygen atoms in total. The third-order valence-corrected chi connectivity index (χ3v) is 2.14. The van der Waals surface area contributed by atoms with E-state index in [1.54, 1.807) is 6.92 Å². The maximum Gasteiger partial charge on any atom is 0.269 e. The first-order valence-electron chi connectivity index (χ1n) is 3.95. The number of ketones is 1. The Morgan fingerprint density at radius 2 is 1.93 bits per heavy atom. The lowest BCUT2D eigenvalue weighted by Gasteiger charge is -2.01. The maximum absolute atomic E-state index is 11.4. The van der Waals surface area contributed by atoms with Gasteiger partial charge in [-0.05, 0) is 19.1 Å². The summed E-state index contributed by atoms with van der Waals surface area (Å²) in [6, 6.07) is 5.56. The van der Waals surface area contributed by atoms with Gasteiger partial charge in [0.15, 0.2) is 5.78 Å². The molecule has 0 amide bonds. The van der Waals surface area contributed by atoms with Crippen molar-refractivity contribution >= 4 is 27.4 Å². The van der Waals surface area contributed by atoms with Crippen LogP contribution in [-0.2, 0) is 0 Å². The lowest BCUT2D eigenvalue weighted by atomic mass is 10.1. The summed E-state index contributed by atoms with van der Waals surface area (Å²) in [4.78, 5) is 21.0. The zero-order chi connectivity index (χ0) is 10.7. The number of nitro groups is 1. The smallest absolute Gasteiger partial charge is 0.269 e. The Labute approximate surface area is 89.2 Å². The Balaban J connectivity index is 2.94. The van der Waals surface area contributed by atoms with E-state index in [-0.39, 0.29) is 16.3 Å². The first kappa shape index (κ1) is 10.8. The Bertz CT molecular complexity index is 359. The van der Waals surface area contributed by atoms with Crippen LogP contribution in [0.1, 0.15) is 17.3 Å². The zero-order valence-electron chi connectivity index (χ0n) is 7.44. The van der Waals surface area contributed by atoms with Crippen molar-refractivity contribution in [3.05, 3.63) is 39.9 Å². The summed E-state index contributed by atoms with van der Waals surface area (Å²) in [5.74, 6) is -0.0834. The number of rotatable bonds is 3. The lowest BCUT2D eigenvalue weighted by Crippen LogP contribution is -2.09. The molecule has 1 aromatic rings. The number of Topliss-reactive ketones (excluding diaryl/α,β-unsaturated/α-hetero) is 1. The van der Waals surface area contributed by atoms with Crippen LogP contribution in [0.4, 0.5) is 5.69 Å². The SMILES string of the molecule is C[C@@H](Br)C(=O)c1ccc([N+](=O)[O-])cc1. The van der Waals surface area contributed by atoms with Gasteiger partial charge in [0.1, 0.15) is 0 Å². The quantitative estimate of drug-likeness (QED) is 0.362. The van der Waals surface area contributed by atoms with Crippen molar-refractivity contribution in [3.8, 4) is 0 Å². The molecule has 0 fully saturated rings. The molecule has 0 spiro atoms. The molecule has 0 heterocycles. The largest absolute Gasteiger partial charge is 0.293 e. The van der Waals surface area contributed by atoms with Crippen LogP contribution in [0.25, 0.3) is 0 Å². The number of nitro benzene ring substituents is 1. The monoisotopic (exact) mass is 257 g/mol. The fourth-order valence-electron chi connectivity index (χ4n) is 0.977. The number of nitrogens with zero attached hydrogens (tertiary/aromatic N) is 1. The van der Waals surface area contributed by atoms with Crippen molar-refractivity contribution in [3.63, 3.8) is 0 Å². The van der Waals surface area contributed by atoms with Gasteiger partial charge in [0.05, 0.1) is 9.75 Å². The molecule has 0 bridgehead atoms. The molecule has 1 aromatic carbocycles. The number of halogens is 1. The molecule has 0 aliphatic rings. The fourth-order valence-corrected chi connectivity index (χ4v) is 1.24. The van der Waals surface area contributed by atoms with Gasteiger partial charge in [-0.3, -0.25) is 14.9 Å². The van der Waals surface area contributed by atoms with E-state index in [4.69, 9.17) is 0 Å². The van der Waals surface area contributed by atoms with Crippen LogP contribution in [0.5, 0.6) is 0 Å². The van der Waals surface area contributed by atoms with Crippen molar-refractivity contribution in [2.75, 3.05) is 0 Å². The van der Waals surface area contributed by atoms with Gasteiger partial charge in [0, 0.05) is 17.7 Å². The van der Waals surface area contributed by atoms with Crippen LogP contribution in [-0.4, -0.2) is 15.5 Å². The Morgan fingerprint density at radius 3 is 2.29 bits per heavy atom. The average molecular weight is 258 g/mol. The molecule has 0 unspecified atom stereocenters. The van der Waals surface area contributed by atoms with Gasteiger partial charge < -0.3 is 0 Å². The minimum Gasteiger partial charge on any atom is -0.293 e. The second-order valence-electron chi connectivity index (χ2n) is 2.78. The number of benzene rings is 1. The summed E-state index contributed by atoms with van der Waals surface area (Å²) in [5.41, 5.74) is 0.462. The molecule has 1 rings (SSSR count). The highest BCUT2D eigenvalue weighted by atomic mass is 79.9. The zero-order valence-corrected chi connectivity index (χ0v) is 9.02. The molecule has 0 saturated heterocycles. The predicted molar refractivity (Wildman–Crippen MR) is 55.8 cm³/mol. The van der Waals surface area contributed by atoms with E-state index in [1.165, 1.54) is 24.3 Å². The molecule has 0 N–H and O–H groups in total. The van der Waals surface area contributed by atoms with Gasteiger partial charge >= 0.3 is 0 Å². The molecule has 0 aromatic heterocycles. The van der Waals surface area contributed by atoms with Crippen molar-refractivity contribution in [2.45, 2.75) is 11.8 Å². The highest BCUT2D eigenvalue weighted by molar-refractivity contribution is 9.10. The van der Waals surface area contributed by atoms with Crippen molar-refractivity contribution in [1.82, 2.24) is 0 Å². The number of alkyl halides is 1. The first-order valence-corrected chi connectivity index (χ1v) is 4.86. The second-order valence-corrected chi connectivity index (χ2v) is 4.16. The second kappa shape index (κ2) is 4.32. The molecule has 0 aliphatic carbocycles. The summed E-state index contributed by atoms with van der Waals surface area (Å²) in [6.45, 7) is 1.71. The van der Waals surface area contributed by atoms with Crippen molar-refractivity contribution < 1.29 is 9.72 Å². The van der Waals surface area contributed by atoms with Crippen molar-refractivity contribution in [1.29, 1.82) is 0 Å². The molecule has 0 saturated carbocycles. The summed E-state index contributed by atoms with van der Waals surface area (Å²) < 4.78 is 0. The summed E-state index contributed by atoms with van der Waals surface area (Å²) in [6.07, 6.45) is 0. The van der Waals surface area contributed by atoms with Gasteiger partial charge in [0.25, 0.3) is 5.69 Å². The minimum atomic E-state index is -0.494. The van der Waals surface area contributed by atoms with E-state index in [9.17, 15) is 14.9 Å². The highest BCUT2D eigenvalue weighted by Gasteiger charge is 2.13. The topological polar surface area (TPSA) is 60.2 Å². The number of hydrogen-bond donors (Lipinski definition) is 0. The Morgan fingerprint density at radius 1 is 1.43 bits per heavy atom. The van der Waals surface area contributed by atoms with Crippen LogP contribution < -0.4 is 0 Å². The number of non-ortho nitro benzene ring substituents is 1. The van der Waals surface area contributed by atoms with Crippen LogP contribution in [0.15, 0.2) is 24.3 Å². The first-order chi connectivity index (χ1) is 6.52.